The number of carbonyl (C=O) groups excluding carboxylic acids is 2. The molecule has 0 fully saturated rings. The van der Waals surface area contributed by atoms with Crippen molar-refractivity contribution < 1.29 is 18.9 Å². The molecule has 0 aliphatic carbocycles. The molecule has 0 saturated heterocycles. The molecule has 0 unspecified atom stereocenters. The molecule has 1 aromatic carbocycles. The number of nitro benzene ring substituents is 1. The number of benzene rings is 1. The van der Waals surface area contributed by atoms with Gasteiger partial charge in [-0.2, -0.15) is 5.26 Å². The zero-order valence-corrected chi connectivity index (χ0v) is 17.3. The molecule has 3 rings (SSSR count). The second-order valence-electron chi connectivity index (χ2n) is 7.09. The number of nitro groups is 1. The van der Waals surface area contributed by atoms with Crippen molar-refractivity contribution in [1.29, 1.82) is 5.26 Å². The van der Waals surface area contributed by atoms with E-state index in [1.807, 2.05) is 13.0 Å². The highest BCUT2D eigenvalue weighted by atomic mass is 16.6. The van der Waals surface area contributed by atoms with Gasteiger partial charge in [0.25, 0.3) is 17.5 Å². The van der Waals surface area contributed by atoms with Crippen LogP contribution in [0.3, 0.4) is 0 Å². The Kier molecular flexibility index (Phi) is 5.70. The predicted molar refractivity (Wildman–Crippen MR) is 113 cm³/mol. The van der Waals surface area contributed by atoms with E-state index in [-0.39, 0.29) is 40.5 Å². The molecular weight excluding hydrogens is 398 g/mol. The van der Waals surface area contributed by atoms with Gasteiger partial charge in [0.05, 0.1) is 10.5 Å². The molecule has 2 heterocycles. The molecule has 0 N–H and O–H groups in total. The lowest BCUT2D eigenvalue weighted by Gasteiger charge is -2.26. The van der Waals surface area contributed by atoms with Gasteiger partial charge in [-0.3, -0.25) is 24.6 Å². The summed E-state index contributed by atoms with van der Waals surface area (Å²) in [6, 6.07) is 8.16. The summed E-state index contributed by atoms with van der Waals surface area (Å²) in [7, 11) is 0. The summed E-state index contributed by atoms with van der Waals surface area (Å²) in [5, 5.41) is 20.9. The Morgan fingerprint density at radius 1 is 1.19 bits per heavy atom. The van der Waals surface area contributed by atoms with Crippen molar-refractivity contribution >= 4 is 23.6 Å². The standard InChI is InChI=1S/C23H19N3O5/c1-5-8-25-22(27)17(15(4)19(12-24)23(25)28)11-16-6-7-21(31-16)18-9-13(2)14(3)10-20(18)26(29)30/h5-7,9-11H,1,8H2,2-4H3. The van der Waals surface area contributed by atoms with Crippen molar-refractivity contribution in [3.63, 3.8) is 0 Å². The summed E-state index contributed by atoms with van der Waals surface area (Å²) in [6.07, 6.45) is 2.82. The SMILES string of the molecule is C=CCN1C(=O)C(=Cc2ccc(-c3cc(C)c(C)cc3[N+](=O)[O-])o2)C(C)=C(C#N)C1=O. The van der Waals surface area contributed by atoms with Crippen molar-refractivity contribution in [3.05, 3.63) is 80.6 Å². The van der Waals surface area contributed by atoms with E-state index in [4.69, 9.17) is 4.42 Å². The predicted octanol–water partition coefficient (Wildman–Crippen LogP) is 4.25. The quantitative estimate of drug-likeness (QED) is 0.236. The average molecular weight is 417 g/mol. The number of aryl methyl sites for hydroxylation is 2. The summed E-state index contributed by atoms with van der Waals surface area (Å²) in [4.78, 5) is 37.1. The Labute approximate surface area is 178 Å². The first-order chi connectivity index (χ1) is 14.7. The number of rotatable bonds is 5. The lowest BCUT2D eigenvalue weighted by atomic mass is 9.94. The molecule has 0 saturated carbocycles. The van der Waals surface area contributed by atoms with Gasteiger partial charge in [0.1, 0.15) is 23.2 Å². The Morgan fingerprint density at radius 3 is 2.48 bits per heavy atom. The molecule has 156 valence electrons. The smallest absolute Gasteiger partial charge is 0.280 e. The van der Waals surface area contributed by atoms with Gasteiger partial charge in [-0.1, -0.05) is 6.08 Å². The Bertz CT molecular complexity index is 1240. The number of hydrogen-bond donors (Lipinski definition) is 0. The lowest BCUT2D eigenvalue weighted by molar-refractivity contribution is -0.384. The van der Waals surface area contributed by atoms with Crippen LogP contribution in [0.2, 0.25) is 0 Å². The van der Waals surface area contributed by atoms with E-state index < -0.39 is 16.7 Å². The molecule has 1 aliphatic heterocycles. The van der Waals surface area contributed by atoms with Crippen LogP contribution < -0.4 is 0 Å². The van der Waals surface area contributed by atoms with E-state index in [1.165, 1.54) is 25.1 Å². The summed E-state index contributed by atoms with van der Waals surface area (Å²) in [5.74, 6) is -0.717. The third-order valence-corrected chi connectivity index (χ3v) is 5.12. The molecule has 8 nitrogen and oxygen atoms in total. The summed E-state index contributed by atoms with van der Waals surface area (Å²) >= 11 is 0. The molecule has 2 aromatic rings. The molecule has 8 heteroatoms. The van der Waals surface area contributed by atoms with Crippen LogP contribution in [0.15, 0.2) is 58.1 Å². The minimum atomic E-state index is -0.673. The first-order valence-electron chi connectivity index (χ1n) is 9.35. The molecule has 0 atom stereocenters. The van der Waals surface area contributed by atoms with Crippen molar-refractivity contribution in [2.24, 2.45) is 0 Å². The highest BCUT2D eigenvalue weighted by Gasteiger charge is 2.35. The second kappa shape index (κ2) is 8.24. The first kappa shape index (κ1) is 21.5. The maximum absolute atomic E-state index is 12.8. The fourth-order valence-electron chi connectivity index (χ4n) is 3.29. The highest BCUT2D eigenvalue weighted by Crippen LogP contribution is 2.35. The highest BCUT2D eigenvalue weighted by molar-refractivity contribution is 6.19. The molecule has 1 aliphatic rings. The molecule has 0 bridgehead atoms. The van der Waals surface area contributed by atoms with Gasteiger partial charge < -0.3 is 4.42 Å². The van der Waals surface area contributed by atoms with E-state index >= 15 is 0 Å². The van der Waals surface area contributed by atoms with Crippen LogP contribution in [0.25, 0.3) is 17.4 Å². The average Bonchev–Trinajstić information content (AvgIpc) is 3.19. The molecule has 31 heavy (non-hydrogen) atoms. The van der Waals surface area contributed by atoms with Crippen molar-refractivity contribution in [2.75, 3.05) is 6.54 Å². The van der Waals surface area contributed by atoms with Crippen molar-refractivity contribution in [3.8, 4) is 17.4 Å². The first-order valence-corrected chi connectivity index (χ1v) is 9.35. The third-order valence-electron chi connectivity index (χ3n) is 5.12. The topological polar surface area (TPSA) is 117 Å². The number of nitriles is 1. The maximum atomic E-state index is 12.8. The number of nitrogens with zero attached hydrogens (tertiary/aromatic N) is 3. The molecule has 0 spiro atoms. The van der Waals surface area contributed by atoms with Crippen LogP contribution in [-0.4, -0.2) is 28.2 Å². The summed E-state index contributed by atoms with van der Waals surface area (Å²) < 4.78 is 5.78. The summed E-state index contributed by atoms with van der Waals surface area (Å²) in [6.45, 7) is 8.65. The number of hydrogen-bond acceptors (Lipinski definition) is 6. The van der Waals surface area contributed by atoms with E-state index in [0.717, 1.165) is 16.0 Å². The van der Waals surface area contributed by atoms with Gasteiger partial charge in [0.15, 0.2) is 0 Å². The summed E-state index contributed by atoms with van der Waals surface area (Å²) in [5.41, 5.74) is 2.13. The fraction of sp³-hybridized carbons (Fsp3) is 0.174. The van der Waals surface area contributed by atoms with Crippen molar-refractivity contribution in [1.82, 2.24) is 4.90 Å². The largest absolute Gasteiger partial charge is 0.456 e. The zero-order valence-electron chi connectivity index (χ0n) is 17.3. The van der Waals surface area contributed by atoms with E-state index in [1.54, 1.807) is 25.1 Å². The van der Waals surface area contributed by atoms with Gasteiger partial charge in [-0.25, -0.2) is 0 Å². The van der Waals surface area contributed by atoms with Crippen LogP contribution in [0, 0.1) is 35.3 Å². The number of amides is 2. The van der Waals surface area contributed by atoms with Gasteiger partial charge in [-0.15, -0.1) is 6.58 Å². The number of imide groups is 1. The van der Waals surface area contributed by atoms with Crippen LogP contribution >= 0.6 is 0 Å². The van der Waals surface area contributed by atoms with Crippen LogP contribution in [0.5, 0.6) is 0 Å². The number of furan rings is 1. The minimum absolute atomic E-state index is 0.0360. The normalized spacial score (nSPS) is 15.4. The van der Waals surface area contributed by atoms with Crippen LogP contribution in [0.1, 0.15) is 23.8 Å². The van der Waals surface area contributed by atoms with E-state index in [0.29, 0.717) is 5.56 Å². The van der Waals surface area contributed by atoms with Crippen LogP contribution in [0.4, 0.5) is 5.69 Å². The van der Waals surface area contributed by atoms with Gasteiger partial charge in [0, 0.05) is 18.2 Å². The minimum Gasteiger partial charge on any atom is -0.456 e. The Morgan fingerprint density at radius 2 is 1.87 bits per heavy atom. The van der Waals surface area contributed by atoms with E-state index in [9.17, 15) is 25.0 Å². The second-order valence-corrected chi connectivity index (χ2v) is 7.09. The third kappa shape index (κ3) is 3.81. The lowest BCUT2D eigenvalue weighted by Crippen LogP contribution is -2.42. The number of carbonyl (C=O) groups is 2. The maximum Gasteiger partial charge on any atom is 0.280 e. The Hall–Kier alpha value is -4.25. The molecule has 2 amide bonds. The molecule has 0 radical (unpaired) electrons. The van der Waals surface area contributed by atoms with Gasteiger partial charge >= 0.3 is 0 Å². The fourth-order valence-corrected chi connectivity index (χ4v) is 3.29. The Balaban J connectivity index is 2.10. The zero-order chi connectivity index (χ0) is 22.9. The van der Waals surface area contributed by atoms with Crippen LogP contribution in [-0.2, 0) is 9.59 Å². The van der Waals surface area contributed by atoms with Crippen molar-refractivity contribution in [2.45, 2.75) is 20.8 Å². The molecule has 1 aromatic heterocycles. The molecular formula is C23H19N3O5. The van der Waals surface area contributed by atoms with Gasteiger partial charge in [0.2, 0.25) is 0 Å². The monoisotopic (exact) mass is 417 g/mol. The van der Waals surface area contributed by atoms with E-state index in [2.05, 4.69) is 6.58 Å². The van der Waals surface area contributed by atoms with Gasteiger partial charge in [-0.05, 0) is 61.7 Å².